The molecule has 0 aliphatic carbocycles. The van der Waals surface area contributed by atoms with Crippen molar-refractivity contribution in [2.45, 2.75) is 6.92 Å². The molecule has 0 aliphatic heterocycles. The Hall–Kier alpha value is -0.196. The maximum Gasteiger partial charge on any atom is 3.00 e. The topological polar surface area (TPSA) is 0 Å². The number of fused-ring (bicyclic) bond motifs is 1. The van der Waals surface area contributed by atoms with Crippen molar-refractivity contribution in [3.8, 4) is 0 Å². The first-order valence-electron chi connectivity index (χ1n) is 3.74. The summed E-state index contributed by atoms with van der Waals surface area (Å²) in [6.07, 6.45) is 0. The number of hydrogen-bond donors (Lipinski definition) is 0. The van der Waals surface area contributed by atoms with Crippen LogP contribution in [-0.2, 0) is 32.7 Å². The summed E-state index contributed by atoms with van der Waals surface area (Å²) in [7, 11) is 0. The molecule has 0 bridgehead atoms. The van der Waals surface area contributed by atoms with Crippen LogP contribution in [0.2, 0.25) is 0 Å². The van der Waals surface area contributed by atoms with E-state index in [2.05, 4.69) is 37.3 Å². The van der Waals surface area contributed by atoms with Gasteiger partial charge in [-0.25, -0.2) is 0 Å². The molecule has 0 atom stereocenters. The minimum atomic E-state index is 0. The molecule has 0 aromatic heterocycles. The van der Waals surface area contributed by atoms with Crippen molar-refractivity contribution in [3.05, 3.63) is 62.9 Å². The fourth-order valence-corrected chi connectivity index (χ4v) is 1.23. The third kappa shape index (κ3) is 3.51. The summed E-state index contributed by atoms with van der Waals surface area (Å²) in [5.74, 6) is 0. The average molecular weight is 260 g/mol. The smallest absolute Gasteiger partial charge is 0.358 e. The van der Waals surface area contributed by atoms with E-state index in [0.29, 0.717) is 0 Å². The standard InChI is InChI=1S/C11H9.2CH3.Y/c1-9-6-7-10-4-2-3-5-11(10)8-9;;;/h2-7H,1H3;2*1H3;/q3*-1;+3. The number of aryl methyl sites for hydroxylation is 1. The zero-order chi connectivity index (χ0) is 7.68. The van der Waals surface area contributed by atoms with Crippen molar-refractivity contribution < 1.29 is 32.7 Å². The summed E-state index contributed by atoms with van der Waals surface area (Å²) in [6, 6.07) is 15.8. The van der Waals surface area contributed by atoms with Crippen LogP contribution in [-0.4, -0.2) is 0 Å². The molecule has 0 radical (unpaired) electrons. The van der Waals surface area contributed by atoms with Crippen LogP contribution in [0.25, 0.3) is 10.8 Å². The van der Waals surface area contributed by atoms with Gasteiger partial charge in [0.05, 0.1) is 0 Å². The van der Waals surface area contributed by atoms with Crippen molar-refractivity contribution in [1.29, 1.82) is 0 Å². The molecule has 70 valence electrons. The molecule has 0 saturated carbocycles. The predicted octanol–water partition coefficient (Wildman–Crippen LogP) is 3.85. The number of hydrogen-bond acceptors (Lipinski definition) is 0. The number of benzene rings is 2. The number of rotatable bonds is 0. The van der Waals surface area contributed by atoms with Gasteiger partial charge in [0.2, 0.25) is 0 Å². The quantitative estimate of drug-likeness (QED) is 0.631. The molecular weight excluding hydrogens is 245 g/mol. The second-order valence-electron chi connectivity index (χ2n) is 2.73. The van der Waals surface area contributed by atoms with Gasteiger partial charge in [-0.3, -0.25) is 0 Å². The van der Waals surface area contributed by atoms with E-state index in [0.717, 1.165) is 0 Å². The maximum absolute atomic E-state index is 3.29. The SMILES string of the molecule is Cc1[c-]c2ccccc2cc1.[CH3-].[CH3-].[Y+3]. The molecule has 0 saturated heterocycles. The van der Waals surface area contributed by atoms with Crippen LogP contribution < -0.4 is 0 Å². The van der Waals surface area contributed by atoms with E-state index in [1.54, 1.807) is 0 Å². The first-order valence-corrected chi connectivity index (χ1v) is 3.74. The van der Waals surface area contributed by atoms with Crippen LogP contribution in [0.3, 0.4) is 0 Å². The van der Waals surface area contributed by atoms with E-state index in [4.69, 9.17) is 0 Å². The minimum absolute atomic E-state index is 0. The molecule has 0 fully saturated rings. The van der Waals surface area contributed by atoms with Crippen LogP contribution in [0, 0.1) is 27.8 Å². The first-order chi connectivity index (χ1) is 5.36. The summed E-state index contributed by atoms with van der Waals surface area (Å²) in [4.78, 5) is 0. The van der Waals surface area contributed by atoms with E-state index in [1.807, 2.05) is 12.1 Å². The molecule has 0 spiro atoms. The fourth-order valence-electron chi connectivity index (χ4n) is 1.23. The molecule has 0 aliphatic rings. The van der Waals surface area contributed by atoms with Gasteiger partial charge in [-0.05, 0) is 0 Å². The summed E-state index contributed by atoms with van der Waals surface area (Å²) >= 11 is 0. The molecule has 1 heteroatoms. The van der Waals surface area contributed by atoms with Crippen molar-refractivity contribution >= 4 is 10.8 Å². The van der Waals surface area contributed by atoms with Gasteiger partial charge in [0.1, 0.15) is 0 Å². The Balaban J connectivity index is 0. The molecule has 0 amide bonds. The van der Waals surface area contributed by atoms with E-state index in [9.17, 15) is 0 Å². The summed E-state index contributed by atoms with van der Waals surface area (Å²) in [5.41, 5.74) is 1.20. The maximum atomic E-state index is 3.29. The minimum Gasteiger partial charge on any atom is -0.358 e. The van der Waals surface area contributed by atoms with Gasteiger partial charge in [0.25, 0.3) is 0 Å². The summed E-state index contributed by atoms with van der Waals surface area (Å²) in [6.45, 7) is 2.06. The largest absolute Gasteiger partial charge is 3.00 e. The van der Waals surface area contributed by atoms with E-state index in [1.165, 1.54) is 16.3 Å². The Morgan fingerprint density at radius 2 is 1.57 bits per heavy atom. The van der Waals surface area contributed by atoms with Gasteiger partial charge < -0.3 is 14.9 Å². The van der Waals surface area contributed by atoms with Gasteiger partial charge in [-0.15, -0.1) is 46.7 Å². The second-order valence-corrected chi connectivity index (χ2v) is 2.73. The van der Waals surface area contributed by atoms with Gasteiger partial charge >= 0.3 is 32.7 Å². The Morgan fingerprint density at radius 3 is 2.29 bits per heavy atom. The van der Waals surface area contributed by atoms with Crippen molar-refractivity contribution in [2.75, 3.05) is 0 Å². The van der Waals surface area contributed by atoms with Crippen LogP contribution in [0.1, 0.15) is 5.56 Å². The van der Waals surface area contributed by atoms with E-state index >= 15 is 0 Å². The summed E-state index contributed by atoms with van der Waals surface area (Å²) in [5, 5.41) is 2.46. The van der Waals surface area contributed by atoms with Gasteiger partial charge in [-0.1, -0.05) is 19.1 Å². The van der Waals surface area contributed by atoms with Gasteiger partial charge in [0.15, 0.2) is 0 Å². The first kappa shape index (κ1) is 16.2. The predicted molar refractivity (Wildman–Crippen MR) is 60.3 cm³/mol. The molecule has 0 heterocycles. The van der Waals surface area contributed by atoms with Gasteiger partial charge in [0, 0.05) is 0 Å². The molecule has 0 unspecified atom stereocenters. The van der Waals surface area contributed by atoms with Crippen molar-refractivity contribution in [2.24, 2.45) is 0 Å². The fraction of sp³-hybridized carbons (Fsp3) is 0.0769. The monoisotopic (exact) mass is 260 g/mol. The molecule has 0 N–H and O–H groups in total. The Morgan fingerprint density at radius 1 is 0.929 bits per heavy atom. The van der Waals surface area contributed by atoms with Crippen molar-refractivity contribution in [1.82, 2.24) is 0 Å². The molecule has 2 rings (SSSR count). The third-order valence-electron chi connectivity index (χ3n) is 1.81. The molecule has 14 heavy (non-hydrogen) atoms. The average Bonchev–Trinajstić information content (AvgIpc) is 2.04. The Labute approximate surface area is 113 Å². The van der Waals surface area contributed by atoms with E-state index in [-0.39, 0.29) is 47.6 Å². The van der Waals surface area contributed by atoms with Crippen molar-refractivity contribution in [3.63, 3.8) is 0 Å². The van der Waals surface area contributed by atoms with E-state index < -0.39 is 0 Å². The van der Waals surface area contributed by atoms with Crippen LogP contribution >= 0.6 is 0 Å². The molecule has 2 aromatic carbocycles. The second kappa shape index (κ2) is 7.14. The molecule has 0 nitrogen and oxygen atoms in total. The molecular formula is C13H15Y. The van der Waals surface area contributed by atoms with Crippen LogP contribution in [0.5, 0.6) is 0 Å². The van der Waals surface area contributed by atoms with Crippen LogP contribution in [0.4, 0.5) is 0 Å². The Bertz CT molecular complexity index is 380. The Kier molecular flexibility index (Phi) is 8.29. The zero-order valence-electron chi connectivity index (χ0n) is 9.04. The molecule has 2 aromatic rings. The third-order valence-corrected chi connectivity index (χ3v) is 1.81. The normalized spacial score (nSPS) is 8.07. The summed E-state index contributed by atoms with van der Waals surface area (Å²) < 4.78 is 0. The van der Waals surface area contributed by atoms with Gasteiger partial charge in [-0.2, -0.15) is 0 Å². The van der Waals surface area contributed by atoms with Crippen LogP contribution in [0.15, 0.2) is 36.4 Å². The zero-order valence-corrected chi connectivity index (χ0v) is 11.9.